The maximum atomic E-state index is 13.4. The van der Waals surface area contributed by atoms with E-state index in [1.54, 1.807) is 23.2 Å². The van der Waals surface area contributed by atoms with E-state index in [0.717, 1.165) is 24.1 Å². The number of hydrogen-bond donors (Lipinski definition) is 1. The lowest BCUT2D eigenvalue weighted by atomic mass is 10.0. The van der Waals surface area contributed by atoms with Crippen LogP contribution in [-0.2, 0) is 11.3 Å². The fourth-order valence-electron chi connectivity index (χ4n) is 3.16. The van der Waals surface area contributed by atoms with Gasteiger partial charge in [-0.15, -0.1) is 0 Å². The van der Waals surface area contributed by atoms with E-state index in [4.69, 9.17) is 0 Å². The lowest BCUT2D eigenvalue weighted by Crippen LogP contribution is -2.30. The van der Waals surface area contributed by atoms with E-state index >= 15 is 0 Å². The number of rotatable bonds is 4. The molecule has 1 N–H and O–H groups in total. The summed E-state index contributed by atoms with van der Waals surface area (Å²) < 4.78 is 13.4. The second-order valence-corrected chi connectivity index (χ2v) is 6.16. The summed E-state index contributed by atoms with van der Waals surface area (Å²) in [5.74, 6) is -0.693. The lowest BCUT2D eigenvalue weighted by Gasteiger charge is -2.25. The van der Waals surface area contributed by atoms with Crippen molar-refractivity contribution in [3.8, 4) is 0 Å². The Kier molecular flexibility index (Phi) is 5.07. The third kappa shape index (κ3) is 4.02. The normalized spacial score (nSPS) is 16.7. The van der Waals surface area contributed by atoms with Gasteiger partial charge in [-0.1, -0.05) is 6.07 Å². The van der Waals surface area contributed by atoms with Gasteiger partial charge in [0, 0.05) is 25.2 Å². The van der Waals surface area contributed by atoms with Crippen LogP contribution in [-0.4, -0.2) is 28.2 Å². The number of benzene rings is 1. The Morgan fingerprint density at radius 2 is 2.16 bits per heavy atom. The van der Waals surface area contributed by atoms with Crippen molar-refractivity contribution in [3.05, 3.63) is 65.2 Å². The van der Waals surface area contributed by atoms with Crippen molar-refractivity contribution in [2.24, 2.45) is 0 Å². The van der Waals surface area contributed by atoms with Gasteiger partial charge in [-0.05, 0) is 48.7 Å². The number of hydrogen-bond acceptors (Lipinski definition) is 3. The summed E-state index contributed by atoms with van der Waals surface area (Å²) in [6.45, 7) is 2.46. The quantitative estimate of drug-likeness (QED) is 0.930. The van der Waals surface area contributed by atoms with Crippen molar-refractivity contribution in [3.63, 3.8) is 0 Å². The summed E-state index contributed by atoms with van der Waals surface area (Å²) >= 11 is 0. The number of nitrogens with zero attached hydrogens (tertiary/aromatic N) is 2. The van der Waals surface area contributed by atoms with Crippen LogP contribution in [0.1, 0.15) is 47.4 Å². The highest BCUT2D eigenvalue weighted by Gasteiger charge is 2.30. The number of halogens is 1. The number of amides is 2. The molecule has 1 aliphatic heterocycles. The topological polar surface area (TPSA) is 62.3 Å². The first-order chi connectivity index (χ1) is 12.0. The molecule has 1 atom stereocenters. The van der Waals surface area contributed by atoms with Crippen molar-refractivity contribution in [1.82, 2.24) is 15.2 Å². The Bertz CT molecular complexity index is 794. The molecule has 2 heterocycles. The number of carbonyl (C=O) groups is 2. The molecule has 1 aromatic carbocycles. The van der Waals surface area contributed by atoms with Gasteiger partial charge in [-0.2, -0.15) is 0 Å². The predicted molar refractivity (Wildman–Crippen MR) is 91.2 cm³/mol. The smallest absolute Gasteiger partial charge is 0.254 e. The van der Waals surface area contributed by atoms with Gasteiger partial charge in [0.25, 0.3) is 5.91 Å². The molecule has 3 rings (SSSR count). The van der Waals surface area contributed by atoms with E-state index in [2.05, 4.69) is 10.3 Å². The minimum Gasteiger partial charge on any atom is -0.351 e. The molecule has 0 unspecified atom stereocenters. The largest absolute Gasteiger partial charge is 0.351 e. The summed E-state index contributed by atoms with van der Waals surface area (Å²) in [5, 5.41) is 2.72. The van der Waals surface area contributed by atoms with Crippen molar-refractivity contribution in [1.29, 1.82) is 0 Å². The Morgan fingerprint density at radius 3 is 2.92 bits per heavy atom. The van der Waals surface area contributed by atoms with Crippen molar-refractivity contribution in [2.75, 3.05) is 6.54 Å². The second kappa shape index (κ2) is 7.42. The Hall–Kier alpha value is -2.76. The van der Waals surface area contributed by atoms with Gasteiger partial charge in [-0.3, -0.25) is 14.6 Å². The molecule has 0 saturated carbocycles. The highest BCUT2D eigenvalue weighted by molar-refractivity contribution is 5.94. The highest BCUT2D eigenvalue weighted by Crippen LogP contribution is 2.33. The minimum absolute atomic E-state index is 0.0603. The van der Waals surface area contributed by atoms with Crippen LogP contribution in [0, 0.1) is 5.82 Å². The number of aromatic nitrogens is 1. The molecule has 25 heavy (non-hydrogen) atoms. The minimum atomic E-state index is -0.414. The van der Waals surface area contributed by atoms with Crippen LogP contribution in [0.15, 0.2) is 42.6 Å². The Labute approximate surface area is 145 Å². The average molecular weight is 341 g/mol. The summed E-state index contributed by atoms with van der Waals surface area (Å²) in [6, 6.07) is 9.52. The predicted octanol–water partition coefficient (Wildman–Crippen LogP) is 2.83. The zero-order valence-corrected chi connectivity index (χ0v) is 14.0. The first-order valence-electron chi connectivity index (χ1n) is 8.30. The van der Waals surface area contributed by atoms with Gasteiger partial charge < -0.3 is 10.2 Å². The number of pyridine rings is 1. The standard InChI is InChI=1S/C19H20FN3O2/c1-13(24)22-12-17-11-14(7-8-21-17)18-6-3-9-23(18)19(25)15-4-2-5-16(20)10-15/h2,4-5,7-8,10-11,18H,3,6,9,12H2,1H3,(H,22,24)/t18-/m0/s1. The molecular weight excluding hydrogens is 321 g/mol. The molecule has 1 aliphatic rings. The molecule has 2 amide bonds. The summed E-state index contributed by atoms with van der Waals surface area (Å²) in [5.41, 5.74) is 2.09. The molecule has 5 nitrogen and oxygen atoms in total. The van der Waals surface area contributed by atoms with Gasteiger partial charge in [-0.25, -0.2) is 4.39 Å². The van der Waals surface area contributed by atoms with E-state index in [0.29, 0.717) is 18.7 Å². The SMILES string of the molecule is CC(=O)NCc1cc([C@@H]2CCCN2C(=O)c2cccc(F)c2)ccn1. The molecule has 1 fully saturated rings. The summed E-state index contributed by atoms with van der Waals surface area (Å²) in [6.07, 6.45) is 3.44. The number of likely N-dealkylation sites (tertiary alicyclic amines) is 1. The van der Waals surface area contributed by atoms with Gasteiger partial charge in [0.05, 0.1) is 18.3 Å². The first kappa shape index (κ1) is 17.1. The number of carbonyl (C=O) groups excluding carboxylic acids is 2. The van der Waals surface area contributed by atoms with E-state index in [-0.39, 0.29) is 17.9 Å². The summed E-state index contributed by atoms with van der Waals surface area (Å²) in [4.78, 5) is 29.9. The lowest BCUT2D eigenvalue weighted by molar-refractivity contribution is -0.119. The van der Waals surface area contributed by atoms with E-state index < -0.39 is 5.82 Å². The monoisotopic (exact) mass is 341 g/mol. The maximum absolute atomic E-state index is 13.4. The van der Waals surface area contributed by atoms with Gasteiger partial charge in [0.1, 0.15) is 5.82 Å². The Balaban J connectivity index is 1.80. The zero-order valence-electron chi connectivity index (χ0n) is 14.0. The van der Waals surface area contributed by atoms with E-state index in [9.17, 15) is 14.0 Å². The Morgan fingerprint density at radius 1 is 1.32 bits per heavy atom. The van der Waals surface area contributed by atoms with Crippen LogP contribution < -0.4 is 5.32 Å². The van der Waals surface area contributed by atoms with Gasteiger partial charge >= 0.3 is 0 Å². The molecule has 0 radical (unpaired) electrons. The third-order valence-electron chi connectivity index (χ3n) is 4.33. The molecule has 6 heteroatoms. The van der Waals surface area contributed by atoms with Crippen molar-refractivity contribution >= 4 is 11.8 Å². The average Bonchev–Trinajstić information content (AvgIpc) is 3.09. The van der Waals surface area contributed by atoms with Crippen LogP contribution in [0.25, 0.3) is 0 Å². The third-order valence-corrected chi connectivity index (χ3v) is 4.33. The fraction of sp³-hybridized carbons (Fsp3) is 0.316. The molecule has 0 bridgehead atoms. The molecular formula is C19H20FN3O2. The van der Waals surface area contributed by atoms with Gasteiger partial charge in [0.2, 0.25) is 5.91 Å². The van der Waals surface area contributed by atoms with Crippen molar-refractivity contribution in [2.45, 2.75) is 32.4 Å². The molecule has 2 aromatic rings. The highest BCUT2D eigenvalue weighted by atomic mass is 19.1. The van der Waals surface area contributed by atoms with Crippen LogP contribution in [0.5, 0.6) is 0 Å². The number of nitrogens with one attached hydrogen (secondary N) is 1. The van der Waals surface area contributed by atoms with Crippen LogP contribution >= 0.6 is 0 Å². The first-order valence-corrected chi connectivity index (χ1v) is 8.30. The molecule has 1 aromatic heterocycles. The molecule has 130 valence electrons. The van der Waals surface area contributed by atoms with Crippen LogP contribution in [0.4, 0.5) is 4.39 Å². The van der Waals surface area contributed by atoms with Crippen LogP contribution in [0.2, 0.25) is 0 Å². The van der Waals surface area contributed by atoms with E-state index in [1.165, 1.54) is 19.1 Å². The second-order valence-electron chi connectivity index (χ2n) is 6.16. The summed E-state index contributed by atoms with van der Waals surface area (Å²) in [7, 11) is 0. The van der Waals surface area contributed by atoms with E-state index in [1.807, 2.05) is 12.1 Å². The van der Waals surface area contributed by atoms with Crippen LogP contribution in [0.3, 0.4) is 0 Å². The molecule has 1 saturated heterocycles. The van der Waals surface area contributed by atoms with Crippen molar-refractivity contribution < 1.29 is 14.0 Å². The molecule has 0 aliphatic carbocycles. The molecule has 0 spiro atoms. The van der Waals surface area contributed by atoms with Gasteiger partial charge in [0.15, 0.2) is 0 Å². The fourth-order valence-corrected chi connectivity index (χ4v) is 3.16. The maximum Gasteiger partial charge on any atom is 0.254 e. The zero-order chi connectivity index (χ0) is 17.8.